The van der Waals surface area contributed by atoms with Crippen molar-refractivity contribution in [3.05, 3.63) is 52.4 Å². The summed E-state index contributed by atoms with van der Waals surface area (Å²) in [4.78, 5) is 20.8. The van der Waals surface area contributed by atoms with Crippen LogP contribution in [0.15, 0.2) is 30.6 Å². The van der Waals surface area contributed by atoms with Crippen molar-refractivity contribution in [2.75, 3.05) is 25.0 Å². The molecular weight excluding hydrogens is 424 g/mol. The fraction of sp³-hybridized carbons (Fsp3) is 0.500. The van der Waals surface area contributed by atoms with Gasteiger partial charge in [-0.15, -0.1) is 0 Å². The van der Waals surface area contributed by atoms with Gasteiger partial charge in [-0.2, -0.15) is 8.78 Å². The van der Waals surface area contributed by atoms with Crippen LogP contribution < -0.4 is 16.0 Å². The van der Waals surface area contributed by atoms with Crippen LogP contribution in [0, 0.1) is 0 Å². The molecule has 1 heterocycles. The van der Waals surface area contributed by atoms with Gasteiger partial charge in [0.2, 0.25) is 5.91 Å². The van der Waals surface area contributed by atoms with Gasteiger partial charge in [0.15, 0.2) is 0 Å². The number of nitrogens with one attached hydrogen (secondary N) is 3. The zero-order chi connectivity index (χ0) is 22.6. The summed E-state index contributed by atoms with van der Waals surface area (Å²) in [7, 11) is 0. The number of benzene rings is 1. The number of rotatable bonds is 9. The summed E-state index contributed by atoms with van der Waals surface area (Å²) < 4.78 is 28.2. The van der Waals surface area contributed by atoms with Crippen LogP contribution in [0.25, 0.3) is 0 Å². The van der Waals surface area contributed by atoms with E-state index >= 15 is 0 Å². The molecule has 3 N–H and O–H groups in total. The van der Waals surface area contributed by atoms with Crippen molar-refractivity contribution in [3.8, 4) is 0 Å². The Morgan fingerprint density at radius 3 is 2.61 bits per heavy atom. The van der Waals surface area contributed by atoms with Gasteiger partial charge in [-0.1, -0.05) is 44.5 Å². The van der Waals surface area contributed by atoms with E-state index in [1.807, 2.05) is 26.0 Å². The first kappa shape index (κ1) is 23.3. The number of anilines is 1. The van der Waals surface area contributed by atoms with Crippen molar-refractivity contribution in [1.82, 2.24) is 20.6 Å². The minimum absolute atomic E-state index is 0.120. The highest BCUT2D eigenvalue weighted by molar-refractivity contribution is 6.30. The van der Waals surface area contributed by atoms with Crippen LogP contribution in [0.5, 0.6) is 0 Å². The van der Waals surface area contributed by atoms with E-state index in [0.717, 1.165) is 11.9 Å². The maximum Gasteiger partial charge on any atom is 0.290 e. The van der Waals surface area contributed by atoms with Crippen LogP contribution in [0.1, 0.15) is 55.8 Å². The third kappa shape index (κ3) is 5.68. The highest BCUT2D eigenvalue weighted by Gasteiger charge is 2.46. The summed E-state index contributed by atoms with van der Waals surface area (Å²) in [5, 5.41) is 9.90. The number of aromatic nitrogens is 2. The van der Waals surface area contributed by atoms with Crippen molar-refractivity contribution < 1.29 is 13.6 Å². The molecule has 168 valence electrons. The standard InChI is InChI=1S/C22H28ClF2N5O/c1-13(2)28-11-17(15-4-6-16(23)7-5-15)21(31)27-9-8-26-20-18-14(3)10-22(24,25)19(18)29-12-30-20/h4-7,12-14,17,28H,8-11H2,1-3H3,(H,27,31)(H,26,29,30)/t14-,17-/m1/s1. The van der Waals surface area contributed by atoms with Gasteiger partial charge >= 0.3 is 0 Å². The molecule has 1 aliphatic rings. The van der Waals surface area contributed by atoms with Crippen molar-refractivity contribution in [3.63, 3.8) is 0 Å². The smallest absolute Gasteiger partial charge is 0.290 e. The first-order valence-electron chi connectivity index (χ1n) is 10.4. The molecule has 9 heteroatoms. The normalized spacial score (nSPS) is 18.0. The molecule has 2 atom stereocenters. The molecule has 0 bridgehead atoms. The van der Waals surface area contributed by atoms with E-state index in [2.05, 4.69) is 25.9 Å². The molecule has 0 radical (unpaired) electrons. The summed E-state index contributed by atoms with van der Waals surface area (Å²) in [5.41, 5.74) is 1.12. The summed E-state index contributed by atoms with van der Waals surface area (Å²) >= 11 is 5.97. The molecule has 0 spiro atoms. The highest BCUT2D eigenvalue weighted by atomic mass is 35.5. The molecule has 0 saturated carbocycles. The molecule has 3 rings (SSSR count). The van der Waals surface area contributed by atoms with Gasteiger partial charge in [-0.05, 0) is 23.6 Å². The first-order chi connectivity index (χ1) is 14.7. The summed E-state index contributed by atoms with van der Waals surface area (Å²) in [6.07, 6.45) is 0.887. The summed E-state index contributed by atoms with van der Waals surface area (Å²) in [6, 6.07) is 7.46. The lowest BCUT2D eigenvalue weighted by atomic mass is 9.97. The number of amides is 1. The van der Waals surface area contributed by atoms with Gasteiger partial charge in [0, 0.05) is 42.7 Å². The lowest BCUT2D eigenvalue weighted by Crippen LogP contribution is -2.39. The molecule has 1 aromatic heterocycles. The Hall–Kier alpha value is -2.32. The van der Waals surface area contributed by atoms with Crippen LogP contribution in [-0.4, -0.2) is 41.6 Å². The number of fused-ring (bicyclic) bond motifs is 1. The molecule has 0 aliphatic heterocycles. The Kier molecular flexibility index (Phi) is 7.43. The van der Waals surface area contributed by atoms with Crippen LogP contribution in [0.3, 0.4) is 0 Å². The van der Waals surface area contributed by atoms with Gasteiger partial charge in [0.1, 0.15) is 17.8 Å². The van der Waals surface area contributed by atoms with E-state index in [0.29, 0.717) is 36.0 Å². The average molecular weight is 452 g/mol. The van der Waals surface area contributed by atoms with E-state index in [-0.39, 0.29) is 35.9 Å². The van der Waals surface area contributed by atoms with Gasteiger partial charge in [0.25, 0.3) is 5.92 Å². The van der Waals surface area contributed by atoms with E-state index in [1.165, 1.54) is 0 Å². The van der Waals surface area contributed by atoms with Gasteiger partial charge in [-0.3, -0.25) is 4.79 Å². The Bertz CT molecular complexity index is 907. The van der Waals surface area contributed by atoms with Gasteiger partial charge in [-0.25, -0.2) is 9.97 Å². The molecule has 31 heavy (non-hydrogen) atoms. The second kappa shape index (κ2) is 9.87. The van der Waals surface area contributed by atoms with E-state index in [9.17, 15) is 13.6 Å². The number of hydrogen-bond donors (Lipinski definition) is 3. The molecule has 0 unspecified atom stereocenters. The average Bonchev–Trinajstić information content (AvgIpc) is 2.95. The molecule has 0 saturated heterocycles. The molecule has 6 nitrogen and oxygen atoms in total. The molecule has 0 fully saturated rings. The Morgan fingerprint density at radius 1 is 1.23 bits per heavy atom. The fourth-order valence-electron chi connectivity index (χ4n) is 3.78. The monoisotopic (exact) mass is 451 g/mol. The number of halogens is 3. The predicted molar refractivity (Wildman–Crippen MR) is 118 cm³/mol. The maximum absolute atomic E-state index is 14.1. The lowest BCUT2D eigenvalue weighted by molar-refractivity contribution is -0.122. The minimum Gasteiger partial charge on any atom is -0.368 e. The Labute approximate surface area is 186 Å². The van der Waals surface area contributed by atoms with Crippen LogP contribution in [-0.2, 0) is 10.7 Å². The Balaban J connectivity index is 1.60. The second-order valence-electron chi connectivity index (χ2n) is 8.18. The van der Waals surface area contributed by atoms with Crippen LogP contribution in [0.4, 0.5) is 14.6 Å². The topological polar surface area (TPSA) is 78.9 Å². The highest BCUT2D eigenvalue weighted by Crippen LogP contribution is 2.48. The molecule has 1 aliphatic carbocycles. The predicted octanol–water partition coefficient (Wildman–Crippen LogP) is 4.04. The van der Waals surface area contributed by atoms with Gasteiger partial charge in [0.05, 0.1) is 5.92 Å². The first-order valence-corrected chi connectivity index (χ1v) is 10.8. The molecular formula is C22H28ClF2N5O. The molecule has 2 aromatic rings. The summed E-state index contributed by atoms with van der Waals surface area (Å²) in [5.74, 6) is -3.36. The molecule has 1 amide bonds. The largest absolute Gasteiger partial charge is 0.368 e. The summed E-state index contributed by atoms with van der Waals surface area (Å²) in [6.45, 7) is 6.96. The van der Waals surface area contributed by atoms with Crippen molar-refractivity contribution in [2.24, 2.45) is 0 Å². The zero-order valence-electron chi connectivity index (χ0n) is 17.9. The van der Waals surface area contributed by atoms with E-state index in [4.69, 9.17) is 11.6 Å². The molecule has 1 aromatic carbocycles. The van der Waals surface area contributed by atoms with Gasteiger partial charge < -0.3 is 16.0 Å². The number of carbonyl (C=O) groups is 1. The zero-order valence-corrected chi connectivity index (χ0v) is 18.6. The maximum atomic E-state index is 14.1. The van der Waals surface area contributed by atoms with Crippen molar-refractivity contribution >= 4 is 23.3 Å². The third-order valence-corrected chi connectivity index (χ3v) is 5.57. The number of carbonyl (C=O) groups excluding carboxylic acids is 1. The number of hydrogen-bond acceptors (Lipinski definition) is 5. The SMILES string of the molecule is CC(C)NC[C@@H](C(=O)NCCNc1ncnc2c1[C@H](C)CC2(F)F)c1ccc(Cl)cc1. The van der Waals surface area contributed by atoms with Crippen LogP contribution in [0.2, 0.25) is 5.02 Å². The van der Waals surface area contributed by atoms with Crippen LogP contribution >= 0.6 is 11.6 Å². The van der Waals surface area contributed by atoms with Crippen molar-refractivity contribution in [1.29, 1.82) is 0 Å². The van der Waals surface area contributed by atoms with E-state index in [1.54, 1.807) is 19.1 Å². The number of nitrogens with zero attached hydrogens (tertiary/aromatic N) is 2. The third-order valence-electron chi connectivity index (χ3n) is 5.32. The fourth-order valence-corrected chi connectivity index (χ4v) is 3.90. The quantitative estimate of drug-likeness (QED) is 0.501. The van der Waals surface area contributed by atoms with Crippen molar-refractivity contribution in [2.45, 2.75) is 51.0 Å². The van der Waals surface area contributed by atoms with E-state index < -0.39 is 5.92 Å². The minimum atomic E-state index is -2.93. The lowest BCUT2D eigenvalue weighted by Gasteiger charge is -2.20. The Morgan fingerprint density at radius 2 is 1.94 bits per heavy atom. The second-order valence-corrected chi connectivity index (χ2v) is 8.62. The number of alkyl halides is 2.